The van der Waals surface area contributed by atoms with Crippen LogP contribution in [0.15, 0.2) is 60.7 Å². The molecule has 166 valence electrons. The first kappa shape index (κ1) is 20.1. The smallest absolute Gasteiger partial charge is 0.166 e. The third-order valence-corrected chi connectivity index (χ3v) is 6.27. The van der Waals surface area contributed by atoms with Crippen molar-refractivity contribution in [2.75, 3.05) is 18.0 Å². The molecule has 1 aliphatic heterocycles. The summed E-state index contributed by atoms with van der Waals surface area (Å²) in [6, 6.07) is 17.7. The highest BCUT2D eigenvalue weighted by Crippen LogP contribution is 2.33. The number of pyridine rings is 1. The molecule has 2 aromatic carbocycles. The molecule has 33 heavy (non-hydrogen) atoms. The van der Waals surface area contributed by atoms with Crippen LogP contribution in [0.1, 0.15) is 13.8 Å². The predicted molar refractivity (Wildman–Crippen MR) is 128 cm³/mol. The Morgan fingerprint density at radius 3 is 2.42 bits per heavy atom. The van der Waals surface area contributed by atoms with Gasteiger partial charge in [0.2, 0.25) is 0 Å². The van der Waals surface area contributed by atoms with Crippen molar-refractivity contribution < 1.29 is 8.78 Å². The van der Waals surface area contributed by atoms with E-state index in [9.17, 15) is 8.78 Å². The first-order valence-corrected chi connectivity index (χ1v) is 11.1. The fourth-order valence-corrected chi connectivity index (χ4v) is 4.99. The summed E-state index contributed by atoms with van der Waals surface area (Å²) in [5, 5.41) is 4.30. The van der Waals surface area contributed by atoms with E-state index in [1.807, 2.05) is 28.7 Å². The third kappa shape index (κ3) is 3.40. The van der Waals surface area contributed by atoms with E-state index in [1.54, 1.807) is 12.1 Å². The van der Waals surface area contributed by atoms with Crippen LogP contribution < -0.4 is 10.2 Å². The van der Waals surface area contributed by atoms with Crippen LogP contribution in [0.4, 0.5) is 14.6 Å². The summed E-state index contributed by atoms with van der Waals surface area (Å²) in [6.45, 7) is 6.06. The highest BCUT2D eigenvalue weighted by Gasteiger charge is 2.23. The van der Waals surface area contributed by atoms with E-state index in [-0.39, 0.29) is 11.6 Å². The molecule has 0 amide bonds. The Morgan fingerprint density at radius 2 is 1.64 bits per heavy atom. The van der Waals surface area contributed by atoms with Gasteiger partial charge < -0.3 is 10.2 Å². The van der Waals surface area contributed by atoms with Crippen molar-refractivity contribution in [1.29, 1.82) is 0 Å². The van der Waals surface area contributed by atoms with E-state index in [2.05, 4.69) is 24.1 Å². The van der Waals surface area contributed by atoms with Crippen LogP contribution in [0.2, 0.25) is 0 Å². The number of rotatable bonds is 2. The van der Waals surface area contributed by atoms with Gasteiger partial charge in [0.15, 0.2) is 5.65 Å². The molecule has 1 fully saturated rings. The van der Waals surface area contributed by atoms with Crippen LogP contribution in [0.5, 0.6) is 0 Å². The molecule has 7 heteroatoms. The van der Waals surface area contributed by atoms with Crippen LogP contribution in [-0.4, -0.2) is 39.5 Å². The number of aromatic nitrogens is 3. The second-order valence-electron chi connectivity index (χ2n) is 8.92. The minimum atomic E-state index is -0.329. The molecule has 0 aliphatic carbocycles. The second-order valence-corrected chi connectivity index (χ2v) is 8.92. The zero-order valence-corrected chi connectivity index (χ0v) is 18.4. The molecule has 5 aromatic rings. The first-order chi connectivity index (χ1) is 16.0. The maximum atomic E-state index is 14.0. The minimum absolute atomic E-state index is 0.305. The lowest BCUT2D eigenvalue weighted by Gasteiger charge is -2.37. The minimum Gasteiger partial charge on any atom is -0.353 e. The van der Waals surface area contributed by atoms with Crippen molar-refractivity contribution in [3.63, 3.8) is 0 Å². The molecule has 5 nitrogen and oxygen atoms in total. The summed E-state index contributed by atoms with van der Waals surface area (Å²) in [6.07, 6.45) is 0. The fraction of sp³-hybridized carbons (Fsp3) is 0.231. The lowest BCUT2D eigenvalue weighted by Crippen LogP contribution is -2.54. The quantitative estimate of drug-likeness (QED) is 0.409. The third-order valence-electron chi connectivity index (χ3n) is 6.27. The molecule has 1 aliphatic rings. The van der Waals surface area contributed by atoms with Gasteiger partial charge in [0.1, 0.15) is 23.0 Å². The number of hydrogen-bond donors (Lipinski definition) is 1. The average molecular weight is 444 g/mol. The molecule has 0 unspecified atom stereocenters. The largest absolute Gasteiger partial charge is 0.353 e. The molecule has 0 radical (unpaired) electrons. The van der Waals surface area contributed by atoms with Crippen molar-refractivity contribution >= 4 is 33.4 Å². The molecule has 0 spiro atoms. The lowest BCUT2D eigenvalue weighted by molar-refractivity contribution is 0.405. The Kier molecular flexibility index (Phi) is 4.55. The number of fused-ring (bicyclic) bond motifs is 5. The molecule has 2 atom stereocenters. The Bertz CT molecular complexity index is 1520. The predicted octanol–water partition coefficient (Wildman–Crippen LogP) is 5.17. The van der Waals surface area contributed by atoms with Gasteiger partial charge in [-0.25, -0.2) is 18.7 Å². The van der Waals surface area contributed by atoms with Crippen molar-refractivity contribution in [2.24, 2.45) is 0 Å². The normalized spacial score (nSPS) is 19.1. The Balaban J connectivity index is 1.65. The summed E-state index contributed by atoms with van der Waals surface area (Å²) in [5.74, 6) is 0.249. The zero-order valence-electron chi connectivity index (χ0n) is 18.4. The van der Waals surface area contributed by atoms with Crippen molar-refractivity contribution in [1.82, 2.24) is 19.7 Å². The summed E-state index contributed by atoms with van der Waals surface area (Å²) < 4.78 is 30.1. The van der Waals surface area contributed by atoms with E-state index in [1.165, 1.54) is 24.3 Å². The molecule has 4 heterocycles. The number of hydrogen-bond acceptors (Lipinski definition) is 4. The summed E-state index contributed by atoms with van der Waals surface area (Å²) in [5.41, 5.74) is 4.30. The number of anilines is 1. The van der Waals surface area contributed by atoms with E-state index >= 15 is 0 Å². The average Bonchev–Trinajstić information content (AvgIpc) is 3.16. The number of halogens is 2. The van der Waals surface area contributed by atoms with Gasteiger partial charge in [-0.1, -0.05) is 12.1 Å². The van der Waals surface area contributed by atoms with Crippen molar-refractivity contribution in [3.05, 3.63) is 72.3 Å². The summed E-state index contributed by atoms with van der Waals surface area (Å²) in [4.78, 5) is 12.2. The zero-order chi connectivity index (χ0) is 22.7. The van der Waals surface area contributed by atoms with Gasteiger partial charge in [-0.05, 0) is 62.4 Å². The molecular weight excluding hydrogens is 420 g/mol. The standard InChI is InChI=1S/C26H23F2N5/c1-15-13-32(14-16(2)29-15)24-9-7-21-26(31-24)33-22-8-6-20(28)11-18(22)12-23(33)25(30-21)17-4-3-5-19(27)10-17/h3-12,15-16,29H,13-14H2,1-2H3/t15-,16+. The van der Waals surface area contributed by atoms with E-state index in [4.69, 9.17) is 9.97 Å². The molecule has 1 N–H and O–H groups in total. The summed E-state index contributed by atoms with van der Waals surface area (Å²) >= 11 is 0. The maximum absolute atomic E-state index is 14.0. The van der Waals surface area contributed by atoms with Gasteiger partial charge in [0, 0.05) is 36.1 Å². The highest BCUT2D eigenvalue weighted by molar-refractivity contribution is 5.97. The van der Waals surface area contributed by atoms with Gasteiger partial charge >= 0.3 is 0 Å². The maximum Gasteiger partial charge on any atom is 0.166 e. The molecular formula is C26H23F2N5. The molecule has 0 saturated carbocycles. The fourth-order valence-electron chi connectivity index (χ4n) is 4.99. The Morgan fingerprint density at radius 1 is 0.848 bits per heavy atom. The van der Waals surface area contributed by atoms with Gasteiger partial charge in [0.05, 0.1) is 16.7 Å². The molecule has 6 rings (SSSR count). The van der Waals surface area contributed by atoms with Gasteiger partial charge in [-0.15, -0.1) is 0 Å². The molecule has 0 bridgehead atoms. The van der Waals surface area contributed by atoms with Gasteiger partial charge in [0.25, 0.3) is 0 Å². The summed E-state index contributed by atoms with van der Waals surface area (Å²) in [7, 11) is 0. The van der Waals surface area contributed by atoms with E-state index in [0.717, 1.165) is 35.3 Å². The second kappa shape index (κ2) is 7.49. The molecule has 3 aromatic heterocycles. The number of nitrogens with one attached hydrogen (secondary N) is 1. The van der Waals surface area contributed by atoms with Crippen LogP contribution >= 0.6 is 0 Å². The van der Waals surface area contributed by atoms with Crippen molar-refractivity contribution in [2.45, 2.75) is 25.9 Å². The van der Waals surface area contributed by atoms with E-state index in [0.29, 0.717) is 34.5 Å². The Labute approximate surface area is 189 Å². The van der Waals surface area contributed by atoms with Gasteiger partial charge in [-0.2, -0.15) is 0 Å². The topological polar surface area (TPSA) is 45.5 Å². The number of piperazine rings is 1. The Hall–Kier alpha value is -3.58. The van der Waals surface area contributed by atoms with Crippen LogP contribution in [-0.2, 0) is 0 Å². The van der Waals surface area contributed by atoms with Crippen molar-refractivity contribution in [3.8, 4) is 11.3 Å². The lowest BCUT2D eigenvalue weighted by atomic mass is 10.1. The SMILES string of the molecule is C[C@@H]1CN(c2ccc3nc(-c4cccc(F)c4)c4cc5cc(F)ccc5n4c3n2)C[C@H](C)N1. The number of benzene rings is 2. The van der Waals surface area contributed by atoms with Crippen LogP contribution in [0.3, 0.4) is 0 Å². The van der Waals surface area contributed by atoms with E-state index < -0.39 is 0 Å². The van der Waals surface area contributed by atoms with Gasteiger partial charge in [-0.3, -0.25) is 4.40 Å². The van der Waals surface area contributed by atoms with Crippen LogP contribution in [0, 0.1) is 11.6 Å². The number of nitrogens with zero attached hydrogens (tertiary/aromatic N) is 4. The first-order valence-electron chi connectivity index (χ1n) is 11.1. The molecule has 1 saturated heterocycles. The van der Waals surface area contributed by atoms with Crippen LogP contribution in [0.25, 0.3) is 38.8 Å². The monoisotopic (exact) mass is 443 g/mol. The highest BCUT2D eigenvalue weighted by atomic mass is 19.1.